The lowest BCUT2D eigenvalue weighted by atomic mass is 10.1. The minimum absolute atomic E-state index is 0.0508. The first kappa shape index (κ1) is 11.1. The van der Waals surface area contributed by atoms with Crippen molar-refractivity contribution in [2.24, 2.45) is 5.73 Å². The van der Waals surface area contributed by atoms with E-state index >= 15 is 0 Å². The molecule has 16 heavy (non-hydrogen) atoms. The molecule has 3 N–H and O–H groups in total. The highest BCUT2D eigenvalue weighted by molar-refractivity contribution is 5.21. The number of nitrogens with two attached hydrogens (primary N) is 1. The van der Waals surface area contributed by atoms with E-state index < -0.39 is 22.8 Å². The third-order valence-electron chi connectivity index (χ3n) is 2.78. The Hall–Kier alpha value is -1.37. The van der Waals surface area contributed by atoms with Crippen LogP contribution in [0.3, 0.4) is 0 Å². The average molecular weight is 233 g/mol. The molecular weight excluding hydrogens is 223 g/mol. The van der Waals surface area contributed by atoms with Gasteiger partial charge in [0.15, 0.2) is 5.69 Å². The number of hydrogen-bond donors (Lipinski definition) is 2. The minimum atomic E-state index is -4.60. The van der Waals surface area contributed by atoms with Crippen molar-refractivity contribution in [1.29, 1.82) is 0 Å². The summed E-state index contributed by atoms with van der Waals surface area (Å²) < 4.78 is 37.2. The summed E-state index contributed by atoms with van der Waals surface area (Å²) in [5.74, 6) is 0.0508. The van der Waals surface area contributed by atoms with Crippen LogP contribution in [-0.2, 0) is 11.6 Å². The first-order chi connectivity index (χ1) is 7.37. The summed E-state index contributed by atoms with van der Waals surface area (Å²) >= 11 is 0. The number of alkyl halides is 3. The van der Waals surface area contributed by atoms with Crippen molar-refractivity contribution in [3.05, 3.63) is 27.9 Å². The van der Waals surface area contributed by atoms with Gasteiger partial charge in [-0.25, -0.2) is 4.98 Å². The van der Waals surface area contributed by atoms with Gasteiger partial charge in [-0.3, -0.25) is 4.79 Å². The fraction of sp³-hybridized carbons (Fsp3) is 0.556. The van der Waals surface area contributed by atoms with E-state index in [1.165, 1.54) is 0 Å². The van der Waals surface area contributed by atoms with Gasteiger partial charge in [-0.2, -0.15) is 13.2 Å². The predicted octanol–water partition coefficient (Wildman–Crippen LogP) is 0.779. The highest BCUT2D eigenvalue weighted by Gasteiger charge is 2.46. The quantitative estimate of drug-likeness (QED) is 0.792. The van der Waals surface area contributed by atoms with Crippen molar-refractivity contribution in [2.75, 3.05) is 6.54 Å². The van der Waals surface area contributed by atoms with Crippen LogP contribution in [0.5, 0.6) is 0 Å². The zero-order chi connectivity index (χ0) is 12.0. The van der Waals surface area contributed by atoms with Crippen LogP contribution in [0.15, 0.2) is 10.9 Å². The van der Waals surface area contributed by atoms with Gasteiger partial charge in [0.2, 0.25) is 0 Å². The molecule has 0 bridgehead atoms. The van der Waals surface area contributed by atoms with Gasteiger partial charge < -0.3 is 10.7 Å². The molecule has 1 saturated carbocycles. The summed E-state index contributed by atoms with van der Waals surface area (Å²) in [6.45, 7) is 0.192. The van der Waals surface area contributed by atoms with E-state index in [0.29, 0.717) is 18.9 Å². The molecule has 1 aromatic heterocycles. The van der Waals surface area contributed by atoms with Crippen molar-refractivity contribution in [3.63, 3.8) is 0 Å². The van der Waals surface area contributed by atoms with Crippen LogP contribution in [0.2, 0.25) is 0 Å². The van der Waals surface area contributed by atoms with Crippen LogP contribution in [0, 0.1) is 0 Å². The predicted molar refractivity (Wildman–Crippen MR) is 49.8 cm³/mol. The molecular formula is C9H10F3N3O. The van der Waals surface area contributed by atoms with Crippen LogP contribution in [-0.4, -0.2) is 16.5 Å². The number of hydrogen-bond acceptors (Lipinski definition) is 3. The van der Waals surface area contributed by atoms with E-state index in [1.54, 1.807) is 0 Å². The average Bonchev–Trinajstić information content (AvgIpc) is 2.96. The number of aromatic nitrogens is 2. The van der Waals surface area contributed by atoms with Crippen molar-refractivity contribution < 1.29 is 13.2 Å². The topological polar surface area (TPSA) is 71.8 Å². The molecule has 0 aromatic carbocycles. The van der Waals surface area contributed by atoms with E-state index in [9.17, 15) is 18.0 Å². The van der Waals surface area contributed by atoms with E-state index in [1.807, 2.05) is 0 Å². The highest BCUT2D eigenvalue weighted by atomic mass is 19.4. The summed E-state index contributed by atoms with van der Waals surface area (Å²) in [6, 6.07) is 0.454. The Labute approximate surface area is 88.7 Å². The summed E-state index contributed by atoms with van der Waals surface area (Å²) in [7, 11) is 0. The smallest absolute Gasteiger partial charge is 0.329 e. The number of aromatic amines is 1. The largest absolute Gasteiger partial charge is 0.433 e. The second-order valence-corrected chi connectivity index (χ2v) is 3.96. The van der Waals surface area contributed by atoms with Crippen molar-refractivity contribution >= 4 is 0 Å². The van der Waals surface area contributed by atoms with Crippen molar-refractivity contribution in [1.82, 2.24) is 9.97 Å². The minimum Gasteiger partial charge on any atom is -0.329 e. The lowest BCUT2D eigenvalue weighted by molar-refractivity contribution is -0.141. The second kappa shape index (κ2) is 3.31. The Morgan fingerprint density at radius 1 is 1.50 bits per heavy atom. The highest BCUT2D eigenvalue weighted by Crippen LogP contribution is 2.45. The third kappa shape index (κ3) is 1.82. The molecule has 1 aromatic rings. The summed E-state index contributed by atoms with van der Waals surface area (Å²) in [5.41, 5.74) is 2.96. The van der Waals surface area contributed by atoms with Gasteiger partial charge in [0.1, 0.15) is 5.82 Å². The Morgan fingerprint density at radius 2 is 2.12 bits per heavy atom. The molecule has 7 heteroatoms. The first-order valence-corrected chi connectivity index (χ1v) is 4.76. The standard InChI is InChI=1S/C9H10F3N3O/c10-9(11,12)5-3-6(16)15-7(14-5)8(4-13)1-2-8/h3H,1-2,4,13H2,(H,14,15,16). The zero-order valence-electron chi connectivity index (χ0n) is 8.27. The molecule has 0 amide bonds. The lowest BCUT2D eigenvalue weighted by Crippen LogP contribution is -2.28. The maximum atomic E-state index is 12.4. The van der Waals surface area contributed by atoms with E-state index in [4.69, 9.17) is 5.73 Å². The summed E-state index contributed by atoms with van der Waals surface area (Å²) in [4.78, 5) is 16.9. The molecule has 1 heterocycles. The zero-order valence-corrected chi connectivity index (χ0v) is 8.27. The maximum Gasteiger partial charge on any atom is 0.433 e. The van der Waals surface area contributed by atoms with Crippen LogP contribution >= 0.6 is 0 Å². The molecule has 1 aliphatic rings. The third-order valence-corrected chi connectivity index (χ3v) is 2.78. The van der Waals surface area contributed by atoms with Crippen LogP contribution in [0.1, 0.15) is 24.4 Å². The number of halogens is 3. The van der Waals surface area contributed by atoms with Gasteiger partial charge >= 0.3 is 6.18 Å². The molecule has 0 radical (unpaired) electrons. The Balaban J connectivity index is 2.49. The summed E-state index contributed by atoms with van der Waals surface area (Å²) in [6.07, 6.45) is -3.28. The molecule has 0 aliphatic heterocycles. The fourth-order valence-electron chi connectivity index (χ4n) is 1.54. The number of nitrogens with one attached hydrogen (secondary N) is 1. The van der Waals surface area contributed by atoms with E-state index in [2.05, 4.69) is 9.97 Å². The van der Waals surface area contributed by atoms with Gasteiger partial charge in [-0.15, -0.1) is 0 Å². The second-order valence-electron chi connectivity index (χ2n) is 3.96. The number of rotatable bonds is 2. The maximum absolute atomic E-state index is 12.4. The molecule has 1 fully saturated rings. The van der Waals surface area contributed by atoms with E-state index in [-0.39, 0.29) is 12.4 Å². The van der Waals surface area contributed by atoms with Crippen LogP contribution in [0.25, 0.3) is 0 Å². The molecule has 0 saturated heterocycles. The van der Waals surface area contributed by atoms with E-state index in [0.717, 1.165) is 0 Å². The summed E-state index contributed by atoms with van der Waals surface area (Å²) in [5, 5.41) is 0. The molecule has 0 unspecified atom stereocenters. The lowest BCUT2D eigenvalue weighted by Gasteiger charge is -2.13. The number of nitrogens with zero attached hydrogens (tertiary/aromatic N) is 1. The van der Waals surface area contributed by atoms with Gasteiger partial charge in [-0.1, -0.05) is 0 Å². The van der Waals surface area contributed by atoms with Gasteiger partial charge in [0, 0.05) is 18.0 Å². The molecule has 4 nitrogen and oxygen atoms in total. The number of H-pyrrole nitrogens is 1. The molecule has 0 spiro atoms. The first-order valence-electron chi connectivity index (χ1n) is 4.76. The SMILES string of the molecule is NCC1(c2nc(C(F)(F)F)cc(=O)[nH]2)CC1. The molecule has 0 atom stereocenters. The van der Waals surface area contributed by atoms with Crippen molar-refractivity contribution in [2.45, 2.75) is 24.4 Å². The Morgan fingerprint density at radius 3 is 2.56 bits per heavy atom. The molecule has 88 valence electrons. The van der Waals surface area contributed by atoms with Crippen molar-refractivity contribution in [3.8, 4) is 0 Å². The van der Waals surface area contributed by atoms with Gasteiger partial charge in [0.05, 0.1) is 0 Å². The molecule has 1 aliphatic carbocycles. The Kier molecular flexibility index (Phi) is 2.30. The Bertz CT molecular complexity index is 462. The van der Waals surface area contributed by atoms with Gasteiger partial charge in [-0.05, 0) is 12.8 Å². The van der Waals surface area contributed by atoms with Crippen LogP contribution < -0.4 is 11.3 Å². The monoisotopic (exact) mass is 233 g/mol. The molecule has 2 rings (SSSR count). The van der Waals surface area contributed by atoms with Gasteiger partial charge in [0.25, 0.3) is 5.56 Å². The normalized spacial score (nSPS) is 18.5. The van der Waals surface area contributed by atoms with Crippen LogP contribution in [0.4, 0.5) is 13.2 Å². The fourth-order valence-corrected chi connectivity index (χ4v) is 1.54.